The molecule has 2 nitrogen and oxygen atoms in total. The van der Waals surface area contributed by atoms with Crippen LogP contribution in [0.1, 0.15) is 45.2 Å². The fourth-order valence-corrected chi connectivity index (χ4v) is 4.37. The van der Waals surface area contributed by atoms with Crippen molar-refractivity contribution in [3.8, 4) is 0 Å². The molecule has 1 fully saturated rings. The second-order valence-corrected chi connectivity index (χ2v) is 7.48. The monoisotopic (exact) mass is 292 g/mol. The number of piperidine rings is 1. The van der Waals surface area contributed by atoms with E-state index in [2.05, 4.69) is 61.4 Å². The molecule has 3 atom stereocenters. The molecule has 2 heteroatoms. The number of aromatic nitrogens is 1. The van der Waals surface area contributed by atoms with Crippen LogP contribution in [0, 0.1) is 11.8 Å². The minimum atomic E-state index is 0.183. The Morgan fingerprint density at radius 2 is 2.05 bits per heavy atom. The molecular weight excluding hydrogens is 268 g/mol. The van der Waals surface area contributed by atoms with Gasteiger partial charge in [0.15, 0.2) is 0 Å². The summed E-state index contributed by atoms with van der Waals surface area (Å²) in [5.41, 5.74) is 4.23. The van der Waals surface area contributed by atoms with E-state index in [1.54, 1.807) is 5.57 Å². The van der Waals surface area contributed by atoms with Gasteiger partial charge < -0.3 is 5.32 Å². The van der Waals surface area contributed by atoms with Crippen LogP contribution in [0.25, 0.3) is 10.9 Å². The van der Waals surface area contributed by atoms with Gasteiger partial charge in [-0.05, 0) is 63.1 Å². The smallest absolute Gasteiger partial charge is 0.0705 e. The normalized spacial score (nSPS) is 30.1. The molecule has 0 unspecified atom stereocenters. The number of allylic oxidation sites excluding steroid dienone is 1. The van der Waals surface area contributed by atoms with Crippen molar-refractivity contribution in [2.45, 2.75) is 45.2 Å². The van der Waals surface area contributed by atoms with E-state index in [1.165, 1.54) is 23.8 Å². The van der Waals surface area contributed by atoms with E-state index in [1.807, 2.05) is 12.3 Å². The zero-order chi connectivity index (χ0) is 15.3. The van der Waals surface area contributed by atoms with Crippen molar-refractivity contribution >= 4 is 10.9 Å². The molecule has 2 bridgehead atoms. The topological polar surface area (TPSA) is 24.9 Å². The first kappa shape index (κ1) is 14.0. The average Bonchev–Trinajstić information content (AvgIpc) is 2.52. The predicted molar refractivity (Wildman–Crippen MR) is 91.7 cm³/mol. The molecule has 0 amide bonds. The van der Waals surface area contributed by atoms with Crippen LogP contribution in [0.2, 0.25) is 0 Å². The van der Waals surface area contributed by atoms with Gasteiger partial charge in [-0.15, -0.1) is 0 Å². The van der Waals surface area contributed by atoms with Crippen LogP contribution in [-0.4, -0.2) is 10.5 Å². The van der Waals surface area contributed by atoms with Gasteiger partial charge in [-0.1, -0.05) is 29.8 Å². The minimum absolute atomic E-state index is 0.183. The van der Waals surface area contributed by atoms with Gasteiger partial charge in [0.05, 0.1) is 5.52 Å². The van der Waals surface area contributed by atoms with Crippen LogP contribution in [0.15, 0.2) is 48.2 Å². The molecule has 114 valence electrons. The summed E-state index contributed by atoms with van der Waals surface area (Å²) in [5, 5.41) is 5.25. The molecule has 2 heterocycles. The third-order valence-corrected chi connectivity index (χ3v) is 5.81. The molecular formula is C20H24N2. The zero-order valence-electron chi connectivity index (χ0n) is 13.6. The Labute approximate surface area is 132 Å². The van der Waals surface area contributed by atoms with Gasteiger partial charge >= 0.3 is 0 Å². The Bertz CT molecular complexity index is 739. The number of nitrogens with one attached hydrogen (secondary N) is 1. The second-order valence-electron chi connectivity index (χ2n) is 7.48. The molecule has 2 aromatic rings. The molecule has 2 aliphatic rings. The van der Waals surface area contributed by atoms with Gasteiger partial charge in [0.25, 0.3) is 0 Å². The summed E-state index contributed by atoms with van der Waals surface area (Å²) < 4.78 is 0. The van der Waals surface area contributed by atoms with Gasteiger partial charge in [-0.25, -0.2) is 0 Å². The van der Waals surface area contributed by atoms with E-state index in [9.17, 15) is 0 Å². The van der Waals surface area contributed by atoms with E-state index in [-0.39, 0.29) is 5.54 Å². The standard InChI is InChI=1S/C20H24N2/c1-13-9-10-14-12-17(13)19(22-20(14,2)3)16-6-4-8-18-15(16)7-5-11-21-18/h4-9,11,14,17,19,22H,10,12H2,1-3H3/t14-,17-,19+/m1/s1. The Morgan fingerprint density at radius 3 is 2.91 bits per heavy atom. The van der Waals surface area contributed by atoms with Gasteiger partial charge in [0.2, 0.25) is 0 Å². The van der Waals surface area contributed by atoms with Crippen molar-refractivity contribution in [1.29, 1.82) is 0 Å². The molecule has 1 aliphatic carbocycles. The highest BCUT2D eigenvalue weighted by Gasteiger charge is 2.44. The summed E-state index contributed by atoms with van der Waals surface area (Å²) in [5.74, 6) is 1.35. The molecule has 1 saturated heterocycles. The zero-order valence-corrected chi connectivity index (χ0v) is 13.6. The average molecular weight is 292 g/mol. The maximum Gasteiger partial charge on any atom is 0.0705 e. The summed E-state index contributed by atoms with van der Waals surface area (Å²) >= 11 is 0. The SMILES string of the molecule is CC1=CC[C@@H]2C[C@H]1[C@H](c1cccc3ncccc13)NC2(C)C. The van der Waals surface area contributed by atoms with Crippen molar-refractivity contribution < 1.29 is 0 Å². The van der Waals surface area contributed by atoms with Crippen LogP contribution in [0.5, 0.6) is 0 Å². The number of nitrogens with zero attached hydrogens (tertiary/aromatic N) is 1. The number of fused-ring (bicyclic) bond motifs is 3. The molecule has 0 spiro atoms. The summed E-state index contributed by atoms with van der Waals surface area (Å²) in [7, 11) is 0. The molecule has 1 N–H and O–H groups in total. The van der Waals surface area contributed by atoms with E-state index in [0.29, 0.717) is 12.0 Å². The molecule has 22 heavy (non-hydrogen) atoms. The Kier molecular flexibility index (Phi) is 3.12. The van der Waals surface area contributed by atoms with Gasteiger partial charge in [0, 0.05) is 23.2 Å². The lowest BCUT2D eigenvalue weighted by atomic mass is 9.65. The number of rotatable bonds is 1. The third-order valence-electron chi connectivity index (χ3n) is 5.81. The number of benzene rings is 1. The molecule has 1 aliphatic heterocycles. The lowest BCUT2D eigenvalue weighted by molar-refractivity contribution is 0.110. The highest BCUT2D eigenvalue weighted by Crippen LogP contribution is 2.47. The fraction of sp³-hybridized carbons (Fsp3) is 0.450. The molecule has 0 radical (unpaired) electrons. The molecule has 4 rings (SSSR count). The Morgan fingerprint density at radius 1 is 1.18 bits per heavy atom. The van der Waals surface area contributed by atoms with E-state index < -0.39 is 0 Å². The van der Waals surface area contributed by atoms with Gasteiger partial charge in [0.1, 0.15) is 0 Å². The quantitative estimate of drug-likeness (QED) is 0.775. The van der Waals surface area contributed by atoms with Crippen LogP contribution in [0.4, 0.5) is 0 Å². The number of hydrogen-bond acceptors (Lipinski definition) is 2. The maximum absolute atomic E-state index is 4.53. The van der Waals surface area contributed by atoms with Gasteiger partial charge in [-0.2, -0.15) is 0 Å². The lowest BCUT2D eigenvalue weighted by Gasteiger charge is -2.50. The molecule has 0 saturated carbocycles. The van der Waals surface area contributed by atoms with E-state index in [0.717, 1.165) is 11.4 Å². The molecule has 1 aromatic heterocycles. The fourth-order valence-electron chi connectivity index (χ4n) is 4.37. The summed E-state index contributed by atoms with van der Waals surface area (Å²) in [6.45, 7) is 7.02. The van der Waals surface area contributed by atoms with Crippen LogP contribution >= 0.6 is 0 Å². The summed E-state index contributed by atoms with van der Waals surface area (Å²) in [6, 6.07) is 11.2. The van der Waals surface area contributed by atoms with Gasteiger partial charge in [-0.3, -0.25) is 4.98 Å². The predicted octanol–water partition coefficient (Wildman–Crippen LogP) is 4.63. The Balaban J connectivity index is 1.86. The first-order chi connectivity index (χ1) is 10.6. The minimum Gasteiger partial charge on any atom is -0.304 e. The van der Waals surface area contributed by atoms with Crippen LogP contribution in [-0.2, 0) is 0 Å². The largest absolute Gasteiger partial charge is 0.304 e. The third kappa shape index (κ3) is 2.09. The van der Waals surface area contributed by atoms with Crippen LogP contribution in [0.3, 0.4) is 0 Å². The first-order valence-electron chi connectivity index (χ1n) is 8.34. The second kappa shape index (κ2) is 4.92. The van der Waals surface area contributed by atoms with E-state index >= 15 is 0 Å². The van der Waals surface area contributed by atoms with Crippen molar-refractivity contribution in [3.05, 3.63) is 53.7 Å². The Hall–Kier alpha value is -1.67. The summed E-state index contributed by atoms with van der Waals surface area (Å²) in [4.78, 5) is 4.53. The highest BCUT2D eigenvalue weighted by atomic mass is 15.0. The van der Waals surface area contributed by atoms with E-state index in [4.69, 9.17) is 0 Å². The van der Waals surface area contributed by atoms with Crippen molar-refractivity contribution in [1.82, 2.24) is 10.3 Å². The van der Waals surface area contributed by atoms with Crippen molar-refractivity contribution in [3.63, 3.8) is 0 Å². The molecule has 1 aromatic carbocycles. The number of pyridine rings is 1. The summed E-state index contributed by atoms with van der Waals surface area (Å²) in [6.07, 6.45) is 6.86. The lowest BCUT2D eigenvalue weighted by Crippen LogP contribution is -2.55. The number of hydrogen-bond donors (Lipinski definition) is 1. The highest BCUT2D eigenvalue weighted by molar-refractivity contribution is 5.82. The van der Waals surface area contributed by atoms with Crippen molar-refractivity contribution in [2.75, 3.05) is 0 Å². The first-order valence-corrected chi connectivity index (χ1v) is 8.34. The maximum atomic E-state index is 4.53. The van der Waals surface area contributed by atoms with Crippen molar-refractivity contribution in [2.24, 2.45) is 11.8 Å². The van der Waals surface area contributed by atoms with Crippen LogP contribution < -0.4 is 5.32 Å².